The Balaban J connectivity index is 2.21. The maximum absolute atomic E-state index is 9.47. The van der Waals surface area contributed by atoms with Gasteiger partial charge in [-0.3, -0.25) is 4.98 Å². The van der Waals surface area contributed by atoms with Gasteiger partial charge in [0, 0.05) is 42.4 Å². The highest BCUT2D eigenvalue weighted by Crippen LogP contribution is 2.33. The molecule has 0 saturated carbocycles. The number of hydrogen-bond acceptors (Lipinski definition) is 4. The van der Waals surface area contributed by atoms with Crippen LogP contribution in [0.1, 0.15) is 81.9 Å². The monoisotopic (exact) mass is 394 g/mol. The summed E-state index contributed by atoms with van der Waals surface area (Å²) in [5, 5.41) is 9.47. The lowest BCUT2D eigenvalue weighted by molar-refractivity contribution is 0.274. The molecule has 0 unspecified atom stereocenters. The van der Waals surface area contributed by atoms with Crippen LogP contribution < -0.4 is 0 Å². The van der Waals surface area contributed by atoms with Crippen LogP contribution in [0.25, 0.3) is 22.4 Å². The highest BCUT2D eigenvalue weighted by Gasteiger charge is 2.21. The third kappa shape index (κ3) is 4.06. The first-order valence-corrected chi connectivity index (χ1v) is 10.9. The number of hydrogen-bond donors (Lipinski definition) is 1. The van der Waals surface area contributed by atoms with E-state index in [0.717, 1.165) is 65.2 Å². The van der Waals surface area contributed by atoms with Crippen molar-refractivity contribution in [2.45, 2.75) is 72.1 Å². The van der Waals surface area contributed by atoms with E-state index in [1.807, 2.05) is 7.05 Å². The Kier molecular flexibility index (Phi) is 6.68. The van der Waals surface area contributed by atoms with Crippen molar-refractivity contribution >= 4 is 11.2 Å². The molecule has 5 nitrogen and oxygen atoms in total. The Bertz CT molecular complexity index is 990. The third-order valence-electron chi connectivity index (χ3n) is 5.81. The Morgan fingerprint density at radius 1 is 1.00 bits per heavy atom. The van der Waals surface area contributed by atoms with E-state index < -0.39 is 0 Å². The molecule has 1 atom stereocenters. The second-order valence-corrected chi connectivity index (χ2v) is 8.10. The van der Waals surface area contributed by atoms with Gasteiger partial charge in [-0.2, -0.15) is 0 Å². The predicted molar refractivity (Wildman–Crippen MR) is 119 cm³/mol. The molecule has 0 aliphatic heterocycles. The van der Waals surface area contributed by atoms with Gasteiger partial charge in [0.1, 0.15) is 5.52 Å². The zero-order chi connectivity index (χ0) is 21.1. The molecule has 3 rings (SSSR count). The fraction of sp³-hybridized carbons (Fsp3) is 0.542. The van der Waals surface area contributed by atoms with Crippen LogP contribution >= 0.6 is 0 Å². The van der Waals surface area contributed by atoms with E-state index >= 15 is 0 Å². The molecule has 5 heteroatoms. The quantitative estimate of drug-likeness (QED) is 0.573. The third-order valence-corrected chi connectivity index (χ3v) is 5.81. The molecule has 3 aromatic rings. The largest absolute Gasteiger partial charge is 0.396 e. The average Bonchev–Trinajstić information content (AvgIpc) is 3.05. The van der Waals surface area contributed by atoms with Gasteiger partial charge in [0.2, 0.25) is 0 Å². The minimum atomic E-state index is 0.189. The molecule has 3 heterocycles. The van der Waals surface area contributed by atoms with Crippen LogP contribution in [-0.2, 0) is 19.9 Å². The molecular formula is C24H34N4O. The smallest absolute Gasteiger partial charge is 0.159 e. The van der Waals surface area contributed by atoms with Gasteiger partial charge in [0.25, 0.3) is 0 Å². The second-order valence-electron chi connectivity index (χ2n) is 8.10. The minimum absolute atomic E-state index is 0.189. The SMILES string of the molecule is CCc1nc(C(C)C)ccc1-c1nc2c(nc1CC)c([C@@H](CC)CCO)cn2C. The van der Waals surface area contributed by atoms with Crippen LogP contribution in [0.4, 0.5) is 0 Å². The maximum Gasteiger partial charge on any atom is 0.159 e. The lowest BCUT2D eigenvalue weighted by Crippen LogP contribution is -2.05. The lowest BCUT2D eigenvalue weighted by atomic mass is 9.95. The molecule has 0 bridgehead atoms. The summed E-state index contributed by atoms with van der Waals surface area (Å²) in [6.07, 6.45) is 5.55. The van der Waals surface area contributed by atoms with E-state index in [9.17, 15) is 5.11 Å². The van der Waals surface area contributed by atoms with Gasteiger partial charge in [-0.15, -0.1) is 0 Å². The summed E-state index contributed by atoms with van der Waals surface area (Å²) >= 11 is 0. The lowest BCUT2D eigenvalue weighted by Gasteiger charge is -2.15. The van der Waals surface area contributed by atoms with Crippen molar-refractivity contribution < 1.29 is 5.11 Å². The molecule has 1 N–H and O–H groups in total. The van der Waals surface area contributed by atoms with Gasteiger partial charge in [0.15, 0.2) is 5.65 Å². The summed E-state index contributed by atoms with van der Waals surface area (Å²) in [5.41, 5.74) is 8.32. The Hall–Kier alpha value is -2.27. The molecule has 0 amide bonds. The summed E-state index contributed by atoms with van der Waals surface area (Å²) in [5.74, 6) is 0.702. The first-order chi connectivity index (χ1) is 13.9. The van der Waals surface area contributed by atoms with E-state index in [0.29, 0.717) is 11.8 Å². The molecule has 29 heavy (non-hydrogen) atoms. The zero-order valence-electron chi connectivity index (χ0n) is 18.7. The highest BCUT2D eigenvalue weighted by molar-refractivity contribution is 5.81. The van der Waals surface area contributed by atoms with Gasteiger partial charge in [-0.25, -0.2) is 9.97 Å². The summed E-state index contributed by atoms with van der Waals surface area (Å²) < 4.78 is 2.07. The van der Waals surface area contributed by atoms with E-state index in [1.54, 1.807) is 0 Å². The number of nitrogens with zero attached hydrogens (tertiary/aromatic N) is 4. The summed E-state index contributed by atoms with van der Waals surface area (Å²) in [6, 6.07) is 4.29. The van der Waals surface area contributed by atoms with Crippen LogP contribution in [0.15, 0.2) is 18.3 Å². The van der Waals surface area contributed by atoms with E-state index in [4.69, 9.17) is 15.0 Å². The second kappa shape index (κ2) is 9.04. The van der Waals surface area contributed by atoms with Gasteiger partial charge in [-0.1, -0.05) is 34.6 Å². The van der Waals surface area contributed by atoms with Crippen molar-refractivity contribution in [1.29, 1.82) is 0 Å². The standard InChI is InChI=1S/C24H34N4O/c1-7-16(12-13-29)18-14-28(6)24-23(18)26-20(9-3)22(27-24)17-10-11-21(15(4)5)25-19(17)8-2/h10-11,14-16,29H,7-9,12-13H2,1-6H3/t16-/m0/s1. The van der Waals surface area contributed by atoms with Crippen LogP contribution in [0, 0.1) is 0 Å². The van der Waals surface area contributed by atoms with Crippen LogP contribution in [0.3, 0.4) is 0 Å². The van der Waals surface area contributed by atoms with Crippen LogP contribution in [-0.4, -0.2) is 31.2 Å². The zero-order valence-corrected chi connectivity index (χ0v) is 18.7. The van der Waals surface area contributed by atoms with Crippen LogP contribution in [0.2, 0.25) is 0 Å². The van der Waals surface area contributed by atoms with Crippen molar-refractivity contribution in [2.24, 2.45) is 7.05 Å². The fourth-order valence-corrected chi connectivity index (χ4v) is 4.05. The van der Waals surface area contributed by atoms with Crippen molar-refractivity contribution in [1.82, 2.24) is 19.5 Å². The van der Waals surface area contributed by atoms with Crippen molar-refractivity contribution in [3.63, 3.8) is 0 Å². The average molecular weight is 395 g/mol. The summed E-state index contributed by atoms with van der Waals surface area (Å²) in [6.45, 7) is 11.0. The molecule has 156 valence electrons. The fourth-order valence-electron chi connectivity index (χ4n) is 4.05. The molecule has 3 aromatic heterocycles. The number of aromatic nitrogens is 4. The normalized spacial score (nSPS) is 12.8. The molecule has 0 aromatic carbocycles. The maximum atomic E-state index is 9.47. The van der Waals surface area contributed by atoms with E-state index in [2.05, 4.69) is 57.5 Å². The number of aliphatic hydroxyl groups excluding tert-OH is 1. The first-order valence-electron chi connectivity index (χ1n) is 10.9. The number of rotatable bonds is 8. The number of aliphatic hydroxyl groups is 1. The molecular weight excluding hydrogens is 360 g/mol. The van der Waals surface area contributed by atoms with E-state index in [-0.39, 0.29) is 6.61 Å². The first kappa shape index (κ1) is 21.4. The number of fused-ring (bicyclic) bond motifs is 1. The molecule has 0 saturated heterocycles. The Morgan fingerprint density at radius 2 is 1.72 bits per heavy atom. The molecule has 0 radical (unpaired) electrons. The Labute approximate surface area is 174 Å². The number of pyridine rings is 1. The minimum Gasteiger partial charge on any atom is -0.396 e. The van der Waals surface area contributed by atoms with Crippen molar-refractivity contribution in [3.8, 4) is 11.3 Å². The topological polar surface area (TPSA) is 63.8 Å². The molecule has 0 aliphatic rings. The van der Waals surface area contributed by atoms with Gasteiger partial charge >= 0.3 is 0 Å². The Morgan fingerprint density at radius 3 is 2.31 bits per heavy atom. The summed E-state index contributed by atoms with van der Waals surface area (Å²) in [7, 11) is 2.03. The van der Waals surface area contributed by atoms with Crippen molar-refractivity contribution in [3.05, 3.63) is 41.0 Å². The highest BCUT2D eigenvalue weighted by atomic mass is 16.3. The van der Waals surface area contributed by atoms with Gasteiger partial charge < -0.3 is 9.67 Å². The van der Waals surface area contributed by atoms with Gasteiger partial charge in [0.05, 0.1) is 11.4 Å². The van der Waals surface area contributed by atoms with Gasteiger partial charge in [-0.05, 0) is 49.7 Å². The predicted octanol–water partition coefficient (Wildman–Crippen LogP) is 5.15. The van der Waals surface area contributed by atoms with Crippen molar-refractivity contribution in [2.75, 3.05) is 6.61 Å². The molecule has 0 fully saturated rings. The van der Waals surface area contributed by atoms with E-state index in [1.165, 1.54) is 5.56 Å². The molecule has 0 spiro atoms. The molecule has 0 aliphatic carbocycles. The summed E-state index contributed by atoms with van der Waals surface area (Å²) in [4.78, 5) is 15.1. The van der Waals surface area contributed by atoms with Crippen LogP contribution in [0.5, 0.6) is 0 Å². The number of aryl methyl sites for hydroxylation is 3.